The molecule has 0 atom stereocenters. The zero-order valence-electron chi connectivity index (χ0n) is 17.9. The lowest BCUT2D eigenvalue weighted by Crippen LogP contribution is -2.31. The molecule has 0 radical (unpaired) electrons. The van der Waals surface area contributed by atoms with Gasteiger partial charge in [-0.1, -0.05) is 51.0 Å². The van der Waals surface area contributed by atoms with Crippen molar-refractivity contribution in [1.29, 1.82) is 5.26 Å². The molecule has 160 valence electrons. The second-order valence-electron chi connectivity index (χ2n) is 8.37. The number of thiophene rings is 1. The molecule has 0 aliphatic carbocycles. The molecule has 2 aromatic heterocycles. The van der Waals surface area contributed by atoms with E-state index < -0.39 is 0 Å². The van der Waals surface area contributed by atoms with Gasteiger partial charge >= 0.3 is 0 Å². The van der Waals surface area contributed by atoms with Crippen LogP contribution in [0.3, 0.4) is 0 Å². The van der Waals surface area contributed by atoms with E-state index in [-0.39, 0.29) is 11.7 Å². The Morgan fingerprint density at radius 2 is 1.77 bits per heavy atom. The van der Waals surface area contributed by atoms with Gasteiger partial charge in [0.15, 0.2) is 0 Å². The average molecular weight is 434 g/mol. The maximum absolute atomic E-state index is 13.3. The van der Waals surface area contributed by atoms with Crippen LogP contribution in [0.4, 0.5) is 11.5 Å². The lowest BCUT2D eigenvalue weighted by atomic mass is 9.94. The highest BCUT2D eigenvalue weighted by Crippen LogP contribution is 2.43. The number of fused-ring (bicyclic) bond motifs is 1. The van der Waals surface area contributed by atoms with Gasteiger partial charge in [-0.3, -0.25) is 4.79 Å². The van der Waals surface area contributed by atoms with Crippen LogP contribution in [0.5, 0.6) is 0 Å². The highest BCUT2D eigenvalue weighted by Gasteiger charge is 2.27. The molecule has 3 aromatic rings. The quantitative estimate of drug-likeness (QED) is 0.594. The number of nitriles is 1. The van der Waals surface area contributed by atoms with E-state index in [0.717, 1.165) is 44.3 Å². The van der Waals surface area contributed by atoms with E-state index in [1.54, 1.807) is 0 Å². The number of amides is 1. The molecule has 4 N–H and O–H groups in total. The van der Waals surface area contributed by atoms with Gasteiger partial charge < -0.3 is 16.4 Å². The Morgan fingerprint density at radius 1 is 1.13 bits per heavy atom. The zero-order valence-corrected chi connectivity index (χ0v) is 18.8. The van der Waals surface area contributed by atoms with E-state index in [1.807, 2.05) is 17.0 Å². The third-order valence-electron chi connectivity index (χ3n) is 5.97. The van der Waals surface area contributed by atoms with Crippen LogP contribution in [0.15, 0.2) is 24.3 Å². The van der Waals surface area contributed by atoms with Crippen LogP contribution in [0, 0.1) is 11.3 Å². The van der Waals surface area contributed by atoms with Crippen molar-refractivity contribution in [3.05, 3.63) is 40.3 Å². The number of hydrogen-bond donors (Lipinski definition) is 2. The molecule has 3 heterocycles. The SMILES string of the molecule is CC(C)c1ccc(-c2c(C#N)c(N)nc3sc(C(=O)N4CCCCCC4)c(N)c23)cc1. The lowest BCUT2D eigenvalue weighted by Gasteiger charge is -2.19. The first-order valence-electron chi connectivity index (χ1n) is 10.7. The van der Waals surface area contributed by atoms with Gasteiger partial charge in [0.2, 0.25) is 0 Å². The van der Waals surface area contributed by atoms with Crippen LogP contribution in [-0.2, 0) is 0 Å². The van der Waals surface area contributed by atoms with Gasteiger partial charge in [0.1, 0.15) is 27.2 Å². The van der Waals surface area contributed by atoms with Crippen LogP contribution in [-0.4, -0.2) is 28.9 Å². The first kappa shape index (κ1) is 21.1. The fourth-order valence-electron chi connectivity index (χ4n) is 4.18. The molecule has 1 aliphatic heterocycles. The average Bonchev–Trinajstić information content (AvgIpc) is 2.94. The molecule has 1 saturated heterocycles. The highest BCUT2D eigenvalue weighted by atomic mass is 32.1. The number of pyridine rings is 1. The number of carbonyl (C=O) groups excluding carboxylic acids is 1. The monoisotopic (exact) mass is 433 g/mol. The number of carbonyl (C=O) groups is 1. The summed E-state index contributed by atoms with van der Waals surface area (Å²) in [5.74, 6) is 0.504. The van der Waals surface area contributed by atoms with Crippen LogP contribution in [0.25, 0.3) is 21.3 Å². The van der Waals surface area contributed by atoms with Crippen molar-refractivity contribution in [2.75, 3.05) is 24.6 Å². The molecule has 1 aromatic carbocycles. The molecule has 0 bridgehead atoms. The Kier molecular flexibility index (Phi) is 5.84. The van der Waals surface area contributed by atoms with Crippen LogP contribution in [0.2, 0.25) is 0 Å². The number of nitrogen functional groups attached to an aromatic ring is 2. The molecular formula is C24H27N5OS. The largest absolute Gasteiger partial charge is 0.397 e. The Labute approximate surface area is 186 Å². The van der Waals surface area contributed by atoms with Crippen molar-refractivity contribution in [3.63, 3.8) is 0 Å². The second-order valence-corrected chi connectivity index (χ2v) is 9.37. The van der Waals surface area contributed by atoms with E-state index in [0.29, 0.717) is 37.8 Å². The maximum atomic E-state index is 13.3. The Bertz CT molecular complexity index is 1170. The minimum Gasteiger partial charge on any atom is -0.397 e. The molecular weight excluding hydrogens is 406 g/mol. The van der Waals surface area contributed by atoms with Crippen molar-refractivity contribution in [3.8, 4) is 17.2 Å². The van der Waals surface area contributed by atoms with Gasteiger partial charge in [0.05, 0.1) is 5.69 Å². The Morgan fingerprint density at radius 3 is 2.35 bits per heavy atom. The summed E-state index contributed by atoms with van der Waals surface area (Å²) in [6, 6.07) is 10.3. The van der Waals surface area contributed by atoms with Crippen LogP contribution >= 0.6 is 11.3 Å². The second kappa shape index (κ2) is 8.56. The summed E-state index contributed by atoms with van der Waals surface area (Å²) < 4.78 is 0. The normalized spacial score (nSPS) is 14.6. The van der Waals surface area contributed by atoms with E-state index in [1.165, 1.54) is 16.9 Å². The molecule has 0 saturated carbocycles. The predicted molar refractivity (Wildman–Crippen MR) is 127 cm³/mol. The van der Waals surface area contributed by atoms with Gasteiger partial charge in [-0.25, -0.2) is 4.98 Å². The van der Waals surface area contributed by atoms with Crippen molar-refractivity contribution < 1.29 is 4.79 Å². The van der Waals surface area contributed by atoms with E-state index >= 15 is 0 Å². The molecule has 6 nitrogen and oxygen atoms in total. The van der Waals surface area contributed by atoms with Crippen LogP contribution in [0.1, 0.15) is 66.2 Å². The third kappa shape index (κ3) is 3.84. The number of aromatic nitrogens is 1. The van der Waals surface area contributed by atoms with Crippen molar-refractivity contribution in [2.24, 2.45) is 0 Å². The summed E-state index contributed by atoms with van der Waals surface area (Å²) in [6.45, 7) is 5.76. The number of likely N-dealkylation sites (tertiary alicyclic amines) is 1. The fraction of sp³-hybridized carbons (Fsp3) is 0.375. The molecule has 1 aliphatic rings. The summed E-state index contributed by atoms with van der Waals surface area (Å²) >= 11 is 1.27. The minimum absolute atomic E-state index is 0.0550. The Balaban J connectivity index is 1.89. The summed E-state index contributed by atoms with van der Waals surface area (Å²) in [7, 11) is 0. The van der Waals surface area contributed by atoms with Crippen molar-refractivity contribution in [1.82, 2.24) is 9.88 Å². The smallest absolute Gasteiger partial charge is 0.266 e. The number of benzene rings is 1. The topological polar surface area (TPSA) is 109 Å². The van der Waals surface area contributed by atoms with Crippen LogP contribution < -0.4 is 11.5 Å². The van der Waals surface area contributed by atoms with Gasteiger partial charge in [0, 0.05) is 24.0 Å². The predicted octanol–water partition coefficient (Wildman–Crippen LogP) is 5.14. The molecule has 7 heteroatoms. The maximum Gasteiger partial charge on any atom is 0.266 e. The minimum atomic E-state index is -0.0550. The Hall–Kier alpha value is -3.11. The summed E-state index contributed by atoms with van der Waals surface area (Å²) in [4.78, 5) is 20.7. The third-order valence-corrected chi connectivity index (χ3v) is 7.06. The summed E-state index contributed by atoms with van der Waals surface area (Å²) in [5.41, 5.74) is 16.1. The summed E-state index contributed by atoms with van der Waals surface area (Å²) in [5, 5.41) is 10.5. The molecule has 4 rings (SSSR count). The van der Waals surface area contributed by atoms with Crippen molar-refractivity contribution in [2.45, 2.75) is 45.4 Å². The summed E-state index contributed by atoms with van der Waals surface area (Å²) in [6.07, 6.45) is 4.30. The fourth-order valence-corrected chi connectivity index (χ4v) is 5.26. The first-order valence-corrected chi connectivity index (χ1v) is 11.5. The molecule has 31 heavy (non-hydrogen) atoms. The standard InChI is InChI=1S/C24H27N5OS/c1-14(2)15-7-9-16(10-8-15)18-17(13-25)22(27)28-23-19(18)20(26)21(31-23)24(30)29-11-5-3-4-6-12-29/h7-10,14H,3-6,11-12,26H2,1-2H3,(H2,27,28). The number of rotatable bonds is 3. The van der Waals surface area contributed by atoms with Crippen molar-refractivity contribution >= 4 is 39.0 Å². The zero-order chi connectivity index (χ0) is 22.1. The van der Waals surface area contributed by atoms with Gasteiger partial charge in [-0.2, -0.15) is 5.26 Å². The first-order chi connectivity index (χ1) is 14.9. The van der Waals surface area contributed by atoms with Gasteiger partial charge in [-0.05, 0) is 29.9 Å². The van der Waals surface area contributed by atoms with E-state index in [9.17, 15) is 10.1 Å². The number of nitrogens with two attached hydrogens (primary N) is 2. The van der Waals surface area contributed by atoms with Gasteiger partial charge in [0.25, 0.3) is 5.91 Å². The number of nitrogens with zero attached hydrogens (tertiary/aromatic N) is 3. The number of hydrogen-bond acceptors (Lipinski definition) is 6. The molecule has 1 fully saturated rings. The van der Waals surface area contributed by atoms with Gasteiger partial charge in [-0.15, -0.1) is 11.3 Å². The molecule has 0 unspecified atom stereocenters. The molecule has 0 spiro atoms. The lowest BCUT2D eigenvalue weighted by molar-refractivity contribution is 0.0767. The van der Waals surface area contributed by atoms with E-state index in [4.69, 9.17) is 11.5 Å². The highest BCUT2D eigenvalue weighted by molar-refractivity contribution is 7.21. The van der Waals surface area contributed by atoms with E-state index in [2.05, 4.69) is 37.0 Å². The number of anilines is 2. The molecule has 1 amide bonds.